The molecule has 2 aliphatic heterocycles. The van der Waals surface area contributed by atoms with Gasteiger partial charge in [-0.05, 0) is 25.5 Å². The minimum atomic E-state index is -0.433. The Morgan fingerprint density at radius 3 is 3.00 bits per heavy atom. The Balaban J connectivity index is 1.93. The number of amides is 1. The van der Waals surface area contributed by atoms with E-state index in [-0.39, 0.29) is 10.7 Å². The Morgan fingerprint density at radius 1 is 1.71 bits per heavy atom. The highest BCUT2D eigenvalue weighted by atomic mass is 32.2. The number of aliphatic hydroxyl groups excluding tert-OH is 1. The molecule has 2 fully saturated rings. The van der Waals surface area contributed by atoms with E-state index in [9.17, 15) is 9.90 Å². The first kappa shape index (κ1) is 10.3. The summed E-state index contributed by atoms with van der Waals surface area (Å²) in [6.07, 6.45) is 2.34. The summed E-state index contributed by atoms with van der Waals surface area (Å²) in [6, 6.07) is 0. The molecule has 0 aliphatic carbocycles. The molecular weight excluding hydrogens is 198 g/mol. The van der Waals surface area contributed by atoms with Crippen LogP contribution in [0.5, 0.6) is 0 Å². The van der Waals surface area contributed by atoms with E-state index in [1.54, 1.807) is 0 Å². The summed E-state index contributed by atoms with van der Waals surface area (Å²) in [5, 5.41) is 9.36. The molecule has 0 aromatic heterocycles. The van der Waals surface area contributed by atoms with Gasteiger partial charge in [-0.2, -0.15) is 11.8 Å². The van der Waals surface area contributed by atoms with Crippen molar-refractivity contribution in [2.75, 3.05) is 18.8 Å². The summed E-state index contributed by atoms with van der Waals surface area (Å²) in [5.41, 5.74) is 0. The fourth-order valence-corrected chi connectivity index (χ4v) is 3.59. The summed E-state index contributed by atoms with van der Waals surface area (Å²) in [6.45, 7) is 3.57. The maximum absolute atomic E-state index is 11.5. The molecule has 1 N–H and O–H groups in total. The Hall–Kier alpha value is -0.220. The number of rotatable bonds is 2. The summed E-state index contributed by atoms with van der Waals surface area (Å²) < 4.78 is 0.236. The lowest BCUT2D eigenvalue weighted by molar-refractivity contribution is -0.128. The average molecular weight is 215 g/mol. The lowest BCUT2D eigenvalue weighted by atomic mass is 10.1. The Bertz CT molecular complexity index is 238. The molecule has 0 bridgehead atoms. The molecule has 4 heteroatoms. The van der Waals surface area contributed by atoms with E-state index in [1.807, 2.05) is 16.7 Å². The molecule has 2 aliphatic rings. The standard InChI is InChI=1S/C10H17NO2S/c1-10(3-2-4-14-10)7-11-6-8(12)5-9(11)13/h8,12H,2-7H2,1H3. The zero-order valence-electron chi connectivity index (χ0n) is 8.53. The largest absolute Gasteiger partial charge is 0.391 e. The molecule has 2 rings (SSSR count). The highest BCUT2D eigenvalue weighted by molar-refractivity contribution is 8.00. The topological polar surface area (TPSA) is 40.5 Å². The molecular formula is C10H17NO2S. The Morgan fingerprint density at radius 2 is 2.50 bits per heavy atom. The molecule has 0 radical (unpaired) electrons. The van der Waals surface area contributed by atoms with Crippen LogP contribution in [0.1, 0.15) is 26.2 Å². The first-order valence-electron chi connectivity index (χ1n) is 5.19. The van der Waals surface area contributed by atoms with E-state index in [1.165, 1.54) is 18.6 Å². The summed E-state index contributed by atoms with van der Waals surface area (Å²) in [5.74, 6) is 1.33. The fraction of sp³-hybridized carbons (Fsp3) is 0.900. The van der Waals surface area contributed by atoms with Gasteiger partial charge in [-0.15, -0.1) is 0 Å². The SMILES string of the molecule is CC1(CN2CC(O)CC2=O)CCCS1. The minimum absolute atomic E-state index is 0.117. The van der Waals surface area contributed by atoms with Crippen LogP contribution in [0, 0.1) is 0 Å². The second-order valence-electron chi connectivity index (χ2n) is 4.53. The van der Waals surface area contributed by atoms with E-state index in [4.69, 9.17) is 0 Å². The third kappa shape index (κ3) is 2.06. The molecule has 80 valence electrons. The molecule has 0 saturated carbocycles. The van der Waals surface area contributed by atoms with Crippen LogP contribution >= 0.6 is 11.8 Å². The first-order chi connectivity index (χ1) is 6.59. The predicted molar refractivity (Wildman–Crippen MR) is 57.3 cm³/mol. The van der Waals surface area contributed by atoms with Crippen LogP contribution in [0.15, 0.2) is 0 Å². The number of hydrogen-bond acceptors (Lipinski definition) is 3. The van der Waals surface area contributed by atoms with Gasteiger partial charge in [0.15, 0.2) is 0 Å². The molecule has 0 aromatic rings. The maximum Gasteiger partial charge on any atom is 0.225 e. The van der Waals surface area contributed by atoms with E-state index in [0.29, 0.717) is 13.0 Å². The third-order valence-corrected chi connectivity index (χ3v) is 4.54. The van der Waals surface area contributed by atoms with Gasteiger partial charge in [-0.3, -0.25) is 4.79 Å². The number of hydrogen-bond donors (Lipinski definition) is 1. The van der Waals surface area contributed by atoms with E-state index < -0.39 is 6.10 Å². The predicted octanol–water partition coefficient (Wildman–Crippen LogP) is 0.865. The highest BCUT2D eigenvalue weighted by Gasteiger charge is 2.36. The van der Waals surface area contributed by atoms with Crippen LogP contribution in [0.2, 0.25) is 0 Å². The van der Waals surface area contributed by atoms with Crippen molar-refractivity contribution in [3.8, 4) is 0 Å². The zero-order valence-corrected chi connectivity index (χ0v) is 9.35. The van der Waals surface area contributed by atoms with Gasteiger partial charge in [-0.25, -0.2) is 0 Å². The van der Waals surface area contributed by atoms with Gasteiger partial charge in [0.05, 0.1) is 12.5 Å². The molecule has 2 saturated heterocycles. The quantitative estimate of drug-likeness (QED) is 0.743. The van der Waals surface area contributed by atoms with Crippen LogP contribution in [0.25, 0.3) is 0 Å². The Labute approximate surface area is 88.9 Å². The molecule has 1 amide bonds. The average Bonchev–Trinajstić information content (AvgIpc) is 2.61. The lowest BCUT2D eigenvalue weighted by Gasteiger charge is -2.28. The lowest BCUT2D eigenvalue weighted by Crippen LogP contribution is -2.38. The van der Waals surface area contributed by atoms with Gasteiger partial charge in [0, 0.05) is 17.8 Å². The molecule has 0 spiro atoms. The van der Waals surface area contributed by atoms with Gasteiger partial charge in [0.2, 0.25) is 5.91 Å². The van der Waals surface area contributed by atoms with Gasteiger partial charge < -0.3 is 10.0 Å². The zero-order chi connectivity index (χ0) is 10.2. The first-order valence-corrected chi connectivity index (χ1v) is 6.17. The number of thioether (sulfide) groups is 1. The number of nitrogens with zero attached hydrogens (tertiary/aromatic N) is 1. The molecule has 0 aromatic carbocycles. The van der Waals surface area contributed by atoms with Gasteiger partial charge in [-0.1, -0.05) is 0 Å². The van der Waals surface area contributed by atoms with Gasteiger partial charge >= 0.3 is 0 Å². The number of carbonyl (C=O) groups excluding carboxylic acids is 1. The van der Waals surface area contributed by atoms with Crippen molar-refractivity contribution in [1.82, 2.24) is 4.90 Å². The van der Waals surface area contributed by atoms with Crippen LogP contribution in [-0.2, 0) is 4.79 Å². The van der Waals surface area contributed by atoms with Crippen LogP contribution in [-0.4, -0.2) is 45.6 Å². The van der Waals surface area contributed by atoms with E-state index in [0.717, 1.165) is 6.54 Å². The van der Waals surface area contributed by atoms with Crippen molar-refractivity contribution in [2.24, 2.45) is 0 Å². The van der Waals surface area contributed by atoms with Crippen molar-refractivity contribution in [2.45, 2.75) is 37.0 Å². The summed E-state index contributed by atoms with van der Waals surface area (Å²) in [7, 11) is 0. The second-order valence-corrected chi connectivity index (χ2v) is 6.22. The number of carbonyl (C=O) groups is 1. The number of aliphatic hydroxyl groups is 1. The third-order valence-electron chi connectivity index (χ3n) is 3.02. The van der Waals surface area contributed by atoms with Crippen LogP contribution < -0.4 is 0 Å². The maximum atomic E-state index is 11.5. The number of β-amino-alcohol motifs (C(OH)–C–C–N with tert-alkyl or cyclic N) is 1. The molecule has 3 nitrogen and oxygen atoms in total. The van der Waals surface area contributed by atoms with Crippen molar-refractivity contribution in [3.63, 3.8) is 0 Å². The smallest absolute Gasteiger partial charge is 0.225 e. The van der Waals surface area contributed by atoms with Crippen LogP contribution in [0.3, 0.4) is 0 Å². The normalized spacial score (nSPS) is 38.3. The van der Waals surface area contributed by atoms with Crippen molar-refractivity contribution in [1.29, 1.82) is 0 Å². The Kier molecular flexibility index (Phi) is 2.75. The summed E-state index contributed by atoms with van der Waals surface area (Å²) >= 11 is 1.96. The van der Waals surface area contributed by atoms with E-state index in [2.05, 4.69) is 6.92 Å². The molecule has 2 atom stereocenters. The highest BCUT2D eigenvalue weighted by Crippen LogP contribution is 2.38. The molecule has 2 unspecified atom stereocenters. The molecule has 2 heterocycles. The molecule has 14 heavy (non-hydrogen) atoms. The van der Waals surface area contributed by atoms with Crippen molar-refractivity contribution >= 4 is 17.7 Å². The van der Waals surface area contributed by atoms with Gasteiger partial charge in [0.1, 0.15) is 0 Å². The van der Waals surface area contributed by atoms with Crippen molar-refractivity contribution in [3.05, 3.63) is 0 Å². The second kappa shape index (κ2) is 3.74. The van der Waals surface area contributed by atoms with E-state index >= 15 is 0 Å². The number of likely N-dealkylation sites (tertiary alicyclic amines) is 1. The van der Waals surface area contributed by atoms with Gasteiger partial charge in [0.25, 0.3) is 0 Å². The van der Waals surface area contributed by atoms with Crippen LogP contribution in [0.4, 0.5) is 0 Å². The minimum Gasteiger partial charge on any atom is -0.391 e. The monoisotopic (exact) mass is 215 g/mol. The fourth-order valence-electron chi connectivity index (χ4n) is 2.27. The summed E-state index contributed by atoms with van der Waals surface area (Å²) in [4.78, 5) is 13.3. The van der Waals surface area contributed by atoms with Crippen molar-refractivity contribution < 1.29 is 9.90 Å².